The van der Waals surface area contributed by atoms with E-state index in [4.69, 9.17) is 17.3 Å². The molecule has 1 unspecified atom stereocenters. The standard InChI is InChI=1S/C16H21ClFN3/c1-4-14-16(17)15(21(5-2)20-14)9-13(19)11-6-7-12(18)10(3)8-11/h6-8,13H,4-5,9,19H2,1-3H3. The Morgan fingerprint density at radius 1 is 1.38 bits per heavy atom. The molecule has 0 bridgehead atoms. The molecule has 1 aromatic carbocycles. The van der Waals surface area contributed by atoms with Gasteiger partial charge in [0.05, 0.1) is 16.4 Å². The van der Waals surface area contributed by atoms with E-state index in [2.05, 4.69) is 5.10 Å². The summed E-state index contributed by atoms with van der Waals surface area (Å²) in [6.07, 6.45) is 1.38. The van der Waals surface area contributed by atoms with Gasteiger partial charge in [0.2, 0.25) is 0 Å². The molecule has 1 atom stereocenters. The van der Waals surface area contributed by atoms with Crippen molar-refractivity contribution in [2.45, 2.75) is 46.2 Å². The molecule has 1 aromatic heterocycles. The van der Waals surface area contributed by atoms with Crippen LogP contribution in [-0.4, -0.2) is 9.78 Å². The van der Waals surface area contributed by atoms with E-state index in [0.29, 0.717) is 17.0 Å². The van der Waals surface area contributed by atoms with Gasteiger partial charge in [-0.05, 0) is 37.5 Å². The van der Waals surface area contributed by atoms with Crippen molar-refractivity contribution in [3.05, 3.63) is 51.6 Å². The number of hydrogen-bond acceptors (Lipinski definition) is 2. The molecule has 0 radical (unpaired) electrons. The van der Waals surface area contributed by atoms with Gasteiger partial charge >= 0.3 is 0 Å². The van der Waals surface area contributed by atoms with Gasteiger partial charge in [0.15, 0.2) is 0 Å². The Labute approximate surface area is 129 Å². The number of halogens is 2. The van der Waals surface area contributed by atoms with Gasteiger partial charge in [-0.15, -0.1) is 0 Å². The lowest BCUT2D eigenvalue weighted by Gasteiger charge is -2.14. The second kappa shape index (κ2) is 6.58. The predicted octanol–water partition coefficient (Wildman–Crippen LogP) is 3.81. The minimum atomic E-state index is -0.228. The van der Waals surface area contributed by atoms with Crippen LogP contribution in [0, 0.1) is 12.7 Å². The van der Waals surface area contributed by atoms with Gasteiger partial charge in [0.1, 0.15) is 5.82 Å². The van der Waals surface area contributed by atoms with E-state index >= 15 is 0 Å². The number of nitrogens with zero attached hydrogens (tertiary/aromatic N) is 2. The zero-order valence-electron chi connectivity index (χ0n) is 12.7. The maximum atomic E-state index is 13.3. The van der Waals surface area contributed by atoms with Gasteiger partial charge in [0, 0.05) is 19.0 Å². The van der Waals surface area contributed by atoms with E-state index in [1.165, 1.54) is 6.07 Å². The molecule has 0 aliphatic carbocycles. The molecule has 0 aliphatic heterocycles. The Hall–Kier alpha value is -1.39. The fourth-order valence-electron chi connectivity index (χ4n) is 2.44. The molecule has 0 spiro atoms. The van der Waals surface area contributed by atoms with Crippen molar-refractivity contribution in [1.82, 2.24) is 9.78 Å². The summed E-state index contributed by atoms with van der Waals surface area (Å²) in [5.41, 5.74) is 9.63. The molecule has 0 fully saturated rings. The summed E-state index contributed by atoms with van der Waals surface area (Å²) in [6, 6.07) is 4.75. The first-order valence-electron chi connectivity index (χ1n) is 7.23. The molecule has 1 heterocycles. The Kier molecular flexibility index (Phi) is 5.01. The van der Waals surface area contributed by atoms with E-state index in [1.807, 2.05) is 18.5 Å². The summed E-state index contributed by atoms with van der Waals surface area (Å²) in [5.74, 6) is -0.212. The first kappa shape index (κ1) is 16.0. The van der Waals surface area contributed by atoms with Crippen molar-refractivity contribution in [1.29, 1.82) is 0 Å². The molecule has 2 N–H and O–H groups in total. The predicted molar refractivity (Wildman–Crippen MR) is 84.1 cm³/mol. The van der Waals surface area contributed by atoms with Gasteiger partial charge in [-0.3, -0.25) is 4.68 Å². The second-order valence-corrected chi connectivity index (χ2v) is 5.57. The van der Waals surface area contributed by atoms with Gasteiger partial charge in [-0.1, -0.05) is 30.7 Å². The average molecular weight is 310 g/mol. The lowest BCUT2D eigenvalue weighted by molar-refractivity contribution is 0.583. The zero-order valence-corrected chi connectivity index (χ0v) is 13.4. The SMILES string of the molecule is CCc1nn(CC)c(CC(N)c2ccc(F)c(C)c2)c1Cl. The molecule has 0 saturated heterocycles. The highest BCUT2D eigenvalue weighted by Crippen LogP contribution is 2.26. The fraction of sp³-hybridized carbons (Fsp3) is 0.438. The van der Waals surface area contributed by atoms with Gasteiger partial charge < -0.3 is 5.73 Å². The molecule has 0 amide bonds. The minimum Gasteiger partial charge on any atom is -0.324 e. The summed E-state index contributed by atoms with van der Waals surface area (Å²) in [5, 5.41) is 5.20. The summed E-state index contributed by atoms with van der Waals surface area (Å²) in [4.78, 5) is 0. The van der Waals surface area contributed by atoms with Crippen LogP contribution >= 0.6 is 11.6 Å². The smallest absolute Gasteiger partial charge is 0.126 e. The molecule has 5 heteroatoms. The fourth-order valence-corrected chi connectivity index (χ4v) is 2.78. The van der Waals surface area contributed by atoms with Crippen molar-refractivity contribution in [2.24, 2.45) is 5.73 Å². The lowest BCUT2D eigenvalue weighted by atomic mass is 10.0. The Morgan fingerprint density at radius 3 is 2.67 bits per heavy atom. The lowest BCUT2D eigenvalue weighted by Crippen LogP contribution is -2.16. The van der Waals surface area contributed by atoms with E-state index in [1.54, 1.807) is 19.1 Å². The molecular formula is C16H21ClFN3. The minimum absolute atomic E-state index is 0.212. The second-order valence-electron chi connectivity index (χ2n) is 5.20. The van der Waals surface area contributed by atoms with E-state index in [-0.39, 0.29) is 11.9 Å². The van der Waals surface area contributed by atoms with E-state index in [0.717, 1.165) is 29.9 Å². The maximum Gasteiger partial charge on any atom is 0.126 e. The third-order valence-electron chi connectivity index (χ3n) is 3.72. The summed E-state index contributed by atoms with van der Waals surface area (Å²) < 4.78 is 15.2. The zero-order chi connectivity index (χ0) is 15.6. The first-order chi connectivity index (χ1) is 9.97. The summed E-state index contributed by atoms with van der Waals surface area (Å²) >= 11 is 6.40. The van der Waals surface area contributed by atoms with Crippen LogP contribution in [0.25, 0.3) is 0 Å². The van der Waals surface area contributed by atoms with Gasteiger partial charge in [-0.2, -0.15) is 5.10 Å². The molecule has 0 aliphatic rings. The molecular weight excluding hydrogens is 289 g/mol. The highest BCUT2D eigenvalue weighted by atomic mass is 35.5. The van der Waals surface area contributed by atoms with Crippen LogP contribution in [0.5, 0.6) is 0 Å². The number of aromatic nitrogens is 2. The highest BCUT2D eigenvalue weighted by molar-refractivity contribution is 6.31. The van der Waals surface area contributed by atoms with E-state index in [9.17, 15) is 4.39 Å². The number of aryl methyl sites for hydroxylation is 3. The molecule has 0 saturated carbocycles. The number of benzene rings is 1. The van der Waals surface area contributed by atoms with E-state index < -0.39 is 0 Å². The summed E-state index contributed by atoms with van der Waals surface area (Å²) in [6.45, 7) is 6.55. The van der Waals surface area contributed by atoms with Gasteiger partial charge in [0.25, 0.3) is 0 Å². The van der Waals surface area contributed by atoms with Crippen molar-refractivity contribution >= 4 is 11.6 Å². The Morgan fingerprint density at radius 2 is 2.10 bits per heavy atom. The largest absolute Gasteiger partial charge is 0.324 e. The van der Waals surface area contributed by atoms with Crippen LogP contribution in [0.1, 0.15) is 42.4 Å². The normalized spacial score (nSPS) is 12.7. The molecule has 2 rings (SSSR count). The van der Waals surface area contributed by atoms with Crippen LogP contribution in [0.4, 0.5) is 4.39 Å². The quantitative estimate of drug-likeness (QED) is 0.912. The average Bonchev–Trinajstić information content (AvgIpc) is 2.78. The first-order valence-corrected chi connectivity index (χ1v) is 7.61. The molecule has 21 heavy (non-hydrogen) atoms. The monoisotopic (exact) mass is 309 g/mol. The Bertz CT molecular complexity index is 637. The maximum absolute atomic E-state index is 13.3. The van der Waals surface area contributed by atoms with Crippen LogP contribution in [0.15, 0.2) is 18.2 Å². The Balaban J connectivity index is 2.28. The van der Waals surface area contributed by atoms with Crippen LogP contribution in [0.3, 0.4) is 0 Å². The topological polar surface area (TPSA) is 43.8 Å². The molecule has 3 nitrogen and oxygen atoms in total. The van der Waals surface area contributed by atoms with Crippen molar-refractivity contribution in [3.63, 3.8) is 0 Å². The highest BCUT2D eigenvalue weighted by Gasteiger charge is 2.18. The van der Waals surface area contributed by atoms with Crippen molar-refractivity contribution in [2.75, 3.05) is 0 Å². The van der Waals surface area contributed by atoms with Crippen molar-refractivity contribution in [3.8, 4) is 0 Å². The molecule has 2 aromatic rings. The van der Waals surface area contributed by atoms with Gasteiger partial charge in [-0.25, -0.2) is 4.39 Å². The van der Waals surface area contributed by atoms with Crippen LogP contribution in [-0.2, 0) is 19.4 Å². The summed E-state index contributed by atoms with van der Waals surface area (Å²) in [7, 11) is 0. The molecule has 114 valence electrons. The van der Waals surface area contributed by atoms with Crippen molar-refractivity contribution < 1.29 is 4.39 Å². The number of rotatable bonds is 5. The number of nitrogens with two attached hydrogens (primary N) is 1. The van der Waals surface area contributed by atoms with Crippen LogP contribution in [0.2, 0.25) is 5.02 Å². The number of hydrogen-bond donors (Lipinski definition) is 1. The third-order valence-corrected chi connectivity index (χ3v) is 4.15. The third kappa shape index (κ3) is 3.27. The van der Waals surface area contributed by atoms with Crippen LogP contribution < -0.4 is 5.73 Å².